The van der Waals surface area contributed by atoms with Crippen molar-refractivity contribution in [2.75, 3.05) is 0 Å². The Bertz CT molecular complexity index is 395. The molecule has 0 aromatic heterocycles. The van der Waals surface area contributed by atoms with Gasteiger partial charge in [0.1, 0.15) is 11.9 Å². The fraction of sp³-hybridized carbons (Fsp3) is 0.300. The summed E-state index contributed by atoms with van der Waals surface area (Å²) in [6.07, 6.45) is 1.01. The highest BCUT2D eigenvalue weighted by atomic mass is 79.9. The molecule has 1 unspecified atom stereocenters. The third-order valence-electron chi connectivity index (χ3n) is 2.14. The van der Waals surface area contributed by atoms with E-state index in [1.165, 1.54) is 0 Å². The van der Waals surface area contributed by atoms with Crippen LogP contribution in [0.4, 0.5) is 0 Å². The molecule has 66 valence electrons. The van der Waals surface area contributed by atoms with Crippen molar-refractivity contribution in [1.82, 2.24) is 0 Å². The van der Waals surface area contributed by atoms with Crippen molar-refractivity contribution in [1.29, 1.82) is 5.26 Å². The molecule has 0 saturated carbocycles. The number of hydrogen-bond acceptors (Lipinski definition) is 2. The summed E-state index contributed by atoms with van der Waals surface area (Å²) in [5, 5.41) is 8.86. The van der Waals surface area contributed by atoms with Gasteiger partial charge in [0.2, 0.25) is 0 Å². The molecule has 1 atom stereocenters. The predicted octanol–water partition coefficient (Wildman–Crippen LogP) is 2.64. The van der Waals surface area contributed by atoms with Crippen LogP contribution < -0.4 is 4.74 Å². The summed E-state index contributed by atoms with van der Waals surface area (Å²) >= 11 is 3.40. The second-order valence-electron chi connectivity index (χ2n) is 3.15. The highest BCUT2D eigenvalue weighted by Crippen LogP contribution is 2.37. The Morgan fingerprint density at radius 2 is 2.38 bits per heavy atom. The average Bonchev–Trinajstić information content (AvgIpc) is 2.48. The molecule has 1 aliphatic rings. The SMILES string of the molecule is CC1Cc2c(C#N)ccc(Br)c2O1. The number of benzene rings is 1. The summed E-state index contributed by atoms with van der Waals surface area (Å²) in [4.78, 5) is 0. The maximum atomic E-state index is 8.86. The molecule has 0 amide bonds. The van der Waals surface area contributed by atoms with Gasteiger partial charge in [-0.15, -0.1) is 0 Å². The lowest BCUT2D eigenvalue weighted by molar-refractivity contribution is 0.253. The molecule has 2 rings (SSSR count). The summed E-state index contributed by atoms with van der Waals surface area (Å²) in [5.41, 5.74) is 1.76. The van der Waals surface area contributed by atoms with Crippen molar-refractivity contribution < 1.29 is 4.74 Å². The van der Waals surface area contributed by atoms with Gasteiger partial charge in [0.05, 0.1) is 16.1 Å². The Labute approximate surface area is 85.3 Å². The van der Waals surface area contributed by atoms with Crippen LogP contribution in [0.1, 0.15) is 18.1 Å². The number of hydrogen-bond donors (Lipinski definition) is 0. The molecule has 1 heterocycles. The first-order chi connectivity index (χ1) is 6.22. The normalized spacial score (nSPS) is 19.0. The number of halogens is 1. The Morgan fingerprint density at radius 3 is 3.08 bits per heavy atom. The molecule has 0 spiro atoms. The van der Waals surface area contributed by atoms with Crippen molar-refractivity contribution in [2.45, 2.75) is 19.4 Å². The molecule has 1 aromatic carbocycles. The Morgan fingerprint density at radius 1 is 1.62 bits per heavy atom. The second-order valence-corrected chi connectivity index (χ2v) is 4.00. The minimum atomic E-state index is 0.181. The predicted molar refractivity (Wildman–Crippen MR) is 52.7 cm³/mol. The van der Waals surface area contributed by atoms with Gasteiger partial charge in [0, 0.05) is 12.0 Å². The molecule has 0 fully saturated rings. The van der Waals surface area contributed by atoms with Gasteiger partial charge >= 0.3 is 0 Å². The fourth-order valence-corrected chi connectivity index (χ4v) is 2.03. The Kier molecular flexibility index (Phi) is 2.01. The summed E-state index contributed by atoms with van der Waals surface area (Å²) < 4.78 is 6.52. The van der Waals surface area contributed by atoms with Crippen LogP contribution in [0.3, 0.4) is 0 Å². The van der Waals surface area contributed by atoms with Crippen LogP contribution in [-0.4, -0.2) is 6.10 Å². The summed E-state index contributed by atoms with van der Waals surface area (Å²) in [5.74, 6) is 0.839. The molecule has 0 saturated heterocycles. The Balaban J connectivity index is 2.60. The number of nitriles is 1. The lowest BCUT2D eigenvalue weighted by Crippen LogP contribution is -2.05. The van der Waals surface area contributed by atoms with Crippen molar-refractivity contribution >= 4 is 15.9 Å². The first kappa shape index (κ1) is 8.58. The van der Waals surface area contributed by atoms with Gasteiger partial charge in [0.15, 0.2) is 0 Å². The molecule has 1 aromatic rings. The first-order valence-electron chi connectivity index (χ1n) is 4.10. The number of rotatable bonds is 0. The Hall–Kier alpha value is -1.01. The highest BCUT2D eigenvalue weighted by Gasteiger charge is 2.24. The van der Waals surface area contributed by atoms with E-state index in [0.717, 1.165) is 27.8 Å². The van der Waals surface area contributed by atoms with Gasteiger partial charge < -0.3 is 4.74 Å². The number of fused-ring (bicyclic) bond motifs is 1. The summed E-state index contributed by atoms with van der Waals surface area (Å²) in [7, 11) is 0. The van der Waals surface area contributed by atoms with Crippen molar-refractivity contribution in [2.24, 2.45) is 0 Å². The van der Waals surface area contributed by atoms with Gasteiger partial charge in [-0.2, -0.15) is 5.26 Å². The van der Waals surface area contributed by atoms with E-state index in [2.05, 4.69) is 22.0 Å². The molecule has 3 heteroatoms. The molecular formula is C10H8BrNO. The maximum absolute atomic E-state index is 8.86. The van der Waals surface area contributed by atoms with Crippen molar-refractivity contribution in [3.63, 3.8) is 0 Å². The zero-order valence-electron chi connectivity index (χ0n) is 7.17. The van der Waals surface area contributed by atoms with Crippen LogP contribution in [0.2, 0.25) is 0 Å². The topological polar surface area (TPSA) is 33.0 Å². The molecule has 0 bridgehead atoms. The minimum Gasteiger partial charge on any atom is -0.489 e. The van der Waals surface area contributed by atoms with Gasteiger partial charge in [-0.05, 0) is 35.0 Å². The lowest BCUT2D eigenvalue weighted by Gasteiger charge is -2.04. The molecule has 13 heavy (non-hydrogen) atoms. The van der Waals surface area contributed by atoms with Gasteiger partial charge in [-0.1, -0.05) is 0 Å². The van der Waals surface area contributed by atoms with E-state index in [1.54, 1.807) is 0 Å². The molecule has 2 nitrogen and oxygen atoms in total. The smallest absolute Gasteiger partial charge is 0.138 e. The highest BCUT2D eigenvalue weighted by molar-refractivity contribution is 9.10. The van der Waals surface area contributed by atoms with E-state index in [-0.39, 0.29) is 6.10 Å². The monoisotopic (exact) mass is 237 g/mol. The average molecular weight is 238 g/mol. The van der Waals surface area contributed by atoms with Gasteiger partial charge in [0.25, 0.3) is 0 Å². The van der Waals surface area contributed by atoms with E-state index >= 15 is 0 Å². The van der Waals surface area contributed by atoms with Crippen LogP contribution in [0, 0.1) is 11.3 Å². The minimum absolute atomic E-state index is 0.181. The fourth-order valence-electron chi connectivity index (χ4n) is 1.56. The number of nitrogens with zero attached hydrogens (tertiary/aromatic N) is 1. The molecule has 0 N–H and O–H groups in total. The van der Waals surface area contributed by atoms with Gasteiger partial charge in [-0.25, -0.2) is 0 Å². The van der Waals surface area contributed by atoms with E-state index in [4.69, 9.17) is 10.00 Å². The van der Waals surface area contributed by atoms with E-state index in [9.17, 15) is 0 Å². The molecule has 1 aliphatic heterocycles. The first-order valence-corrected chi connectivity index (χ1v) is 4.90. The van der Waals surface area contributed by atoms with Crippen LogP contribution in [0.15, 0.2) is 16.6 Å². The van der Waals surface area contributed by atoms with E-state index in [1.807, 2.05) is 19.1 Å². The molecular weight excluding hydrogens is 230 g/mol. The van der Waals surface area contributed by atoms with Crippen LogP contribution >= 0.6 is 15.9 Å². The zero-order chi connectivity index (χ0) is 9.42. The maximum Gasteiger partial charge on any atom is 0.138 e. The van der Waals surface area contributed by atoms with E-state index < -0.39 is 0 Å². The quantitative estimate of drug-likeness (QED) is 0.696. The third-order valence-corrected chi connectivity index (χ3v) is 2.77. The molecule has 0 aliphatic carbocycles. The third kappa shape index (κ3) is 1.31. The largest absolute Gasteiger partial charge is 0.489 e. The molecule has 0 radical (unpaired) electrons. The standard InChI is InChI=1S/C10H8BrNO/c1-6-4-8-7(5-12)2-3-9(11)10(8)13-6/h2-3,6H,4H2,1H3. The number of ether oxygens (including phenoxy) is 1. The summed E-state index contributed by atoms with van der Waals surface area (Å²) in [6, 6.07) is 5.85. The van der Waals surface area contributed by atoms with Gasteiger partial charge in [-0.3, -0.25) is 0 Å². The zero-order valence-corrected chi connectivity index (χ0v) is 8.76. The summed E-state index contributed by atoms with van der Waals surface area (Å²) in [6.45, 7) is 2.01. The second kappa shape index (κ2) is 3.04. The van der Waals surface area contributed by atoms with E-state index in [0.29, 0.717) is 0 Å². The lowest BCUT2D eigenvalue weighted by atomic mass is 10.0. The van der Waals surface area contributed by atoms with Crippen molar-refractivity contribution in [3.05, 3.63) is 27.7 Å². The van der Waals surface area contributed by atoms with Crippen LogP contribution in [0.25, 0.3) is 0 Å². The van der Waals surface area contributed by atoms with Crippen LogP contribution in [0.5, 0.6) is 5.75 Å². The van der Waals surface area contributed by atoms with Crippen LogP contribution in [-0.2, 0) is 6.42 Å². The van der Waals surface area contributed by atoms with Crippen molar-refractivity contribution in [3.8, 4) is 11.8 Å².